The Labute approximate surface area is 146 Å². The van der Waals surface area contributed by atoms with Gasteiger partial charge in [0.2, 0.25) is 11.8 Å². The van der Waals surface area contributed by atoms with Crippen LogP contribution in [-0.4, -0.2) is 29.2 Å². The lowest BCUT2D eigenvalue weighted by atomic mass is 9.63. The number of ketones is 1. The Hall–Kier alpha value is -2.43. The van der Waals surface area contributed by atoms with Gasteiger partial charge in [-0.25, -0.2) is 0 Å². The van der Waals surface area contributed by atoms with Crippen molar-refractivity contribution >= 4 is 23.3 Å². The van der Waals surface area contributed by atoms with Gasteiger partial charge in [-0.1, -0.05) is 24.3 Å². The van der Waals surface area contributed by atoms with Crippen molar-refractivity contribution in [1.29, 1.82) is 0 Å². The largest absolute Gasteiger partial charge is 0.367 e. The van der Waals surface area contributed by atoms with Gasteiger partial charge < -0.3 is 5.32 Å². The summed E-state index contributed by atoms with van der Waals surface area (Å²) in [5.41, 5.74) is 1.35. The number of carbonyl (C=O) groups is 3. The van der Waals surface area contributed by atoms with Crippen molar-refractivity contribution in [3.63, 3.8) is 0 Å². The molecule has 5 nitrogen and oxygen atoms in total. The monoisotopic (exact) mass is 336 g/mol. The Kier molecular flexibility index (Phi) is 3.00. The molecule has 1 aliphatic heterocycles. The zero-order valence-electron chi connectivity index (χ0n) is 14.0. The molecule has 5 aliphatic rings. The van der Waals surface area contributed by atoms with E-state index < -0.39 is 0 Å². The highest BCUT2D eigenvalue weighted by molar-refractivity contribution is 6.06. The number of carbonyl (C=O) groups excluding carboxylic acids is 3. The molecule has 4 aliphatic carbocycles. The maximum Gasteiger partial charge on any atom is 0.235 e. The molecule has 2 amide bonds. The van der Waals surface area contributed by atoms with Gasteiger partial charge in [-0.15, -0.1) is 0 Å². The SMILES string of the molecule is CC(=O)c1cccc(NCN2C(=O)[C@H]3[C@@H]4C=C[C@@H]([C@H]5C[C@H]45)[C@@H]3C2=O)c1. The molecule has 128 valence electrons. The number of amides is 2. The van der Waals surface area contributed by atoms with E-state index in [1.54, 1.807) is 18.2 Å². The lowest BCUT2D eigenvalue weighted by Crippen LogP contribution is -2.40. The molecule has 25 heavy (non-hydrogen) atoms. The van der Waals surface area contributed by atoms with E-state index in [0.29, 0.717) is 17.4 Å². The van der Waals surface area contributed by atoms with Gasteiger partial charge in [-0.05, 0) is 49.1 Å². The Morgan fingerprint density at radius 3 is 2.36 bits per heavy atom. The van der Waals surface area contributed by atoms with E-state index in [-0.39, 0.29) is 47.9 Å². The van der Waals surface area contributed by atoms with Crippen LogP contribution < -0.4 is 5.32 Å². The van der Waals surface area contributed by atoms with Crippen LogP contribution >= 0.6 is 0 Å². The lowest BCUT2D eigenvalue weighted by Gasteiger charge is -2.37. The van der Waals surface area contributed by atoms with Gasteiger partial charge in [-0.2, -0.15) is 0 Å². The van der Waals surface area contributed by atoms with Crippen molar-refractivity contribution < 1.29 is 14.4 Å². The molecule has 2 bridgehead atoms. The van der Waals surface area contributed by atoms with E-state index in [9.17, 15) is 14.4 Å². The molecular formula is C20H20N2O3. The summed E-state index contributed by atoms with van der Waals surface area (Å²) in [6.07, 6.45) is 5.53. The quantitative estimate of drug-likeness (QED) is 0.520. The highest BCUT2D eigenvalue weighted by Crippen LogP contribution is 2.65. The van der Waals surface area contributed by atoms with Crippen LogP contribution in [0.1, 0.15) is 23.7 Å². The molecule has 3 fully saturated rings. The maximum absolute atomic E-state index is 12.9. The minimum Gasteiger partial charge on any atom is -0.367 e. The molecule has 5 heteroatoms. The second-order valence-corrected chi connectivity index (χ2v) is 7.73. The molecule has 6 rings (SSSR count). The van der Waals surface area contributed by atoms with Crippen molar-refractivity contribution in [2.45, 2.75) is 13.3 Å². The van der Waals surface area contributed by atoms with Crippen LogP contribution in [0.3, 0.4) is 0 Å². The van der Waals surface area contributed by atoms with Crippen LogP contribution in [0.2, 0.25) is 0 Å². The molecule has 2 saturated carbocycles. The van der Waals surface area contributed by atoms with Crippen LogP contribution in [0.4, 0.5) is 5.69 Å². The number of rotatable bonds is 4. The third-order valence-corrected chi connectivity index (χ3v) is 6.46. The summed E-state index contributed by atoms with van der Waals surface area (Å²) in [4.78, 5) is 38.6. The smallest absolute Gasteiger partial charge is 0.235 e. The second kappa shape index (κ2) is 5.04. The Bertz CT molecular complexity index is 794. The van der Waals surface area contributed by atoms with Gasteiger partial charge in [0.25, 0.3) is 0 Å². The van der Waals surface area contributed by atoms with Gasteiger partial charge in [0.1, 0.15) is 0 Å². The first-order valence-corrected chi connectivity index (χ1v) is 8.94. The summed E-state index contributed by atoms with van der Waals surface area (Å²) in [5, 5.41) is 3.14. The summed E-state index contributed by atoms with van der Waals surface area (Å²) in [5.74, 6) is 1.36. The average molecular weight is 336 g/mol. The first-order chi connectivity index (χ1) is 12.1. The number of allylic oxidation sites excluding steroid dienone is 2. The molecule has 1 heterocycles. The number of hydrogen-bond donors (Lipinski definition) is 1. The summed E-state index contributed by atoms with van der Waals surface area (Å²) < 4.78 is 0. The molecule has 1 saturated heterocycles. The topological polar surface area (TPSA) is 66.5 Å². The van der Waals surface area contributed by atoms with E-state index in [4.69, 9.17) is 0 Å². The molecule has 1 N–H and O–H groups in total. The highest BCUT2D eigenvalue weighted by Gasteiger charge is 2.66. The van der Waals surface area contributed by atoms with E-state index in [1.807, 2.05) is 6.07 Å². The molecule has 0 unspecified atom stereocenters. The van der Waals surface area contributed by atoms with Crippen molar-refractivity contribution in [3.8, 4) is 0 Å². The minimum absolute atomic E-state index is 0.00938. The average Bonchev–Trinajstić information content (AvgIpc) is 3.39. The summed E-state index contributed by atoms with van der Waals surface area (Å²) in [7, 11) is 0. The lowest BCUT2D eigenvalue weighted by molar-refractivity contribution is -0.139. The number of benzene rings is 1. The minimum atomic E-state index is -0.156. The van der Waals surface area contributed by atoms with Crippen molar-refractivity contribution in [1.82, 2.24) is 4.90 Å². The fourth-order valence-electron chi connectivity index (χ4n) is 5.19. The molecule has 0 aromatic heterocycles. The fraction of sp³-hybridized carbons (Fsp3) is 0.450. The van der Waals surface area contributed by atoms with Crippen LogP contribution in [-0.2, 0) is 9.59 Å². The predicted molar refractivity (Wildman–Crippen MR) is 91.5 cm³/mol. The van der Waals surface area contributed by atoms with E-state index in [1.165, 1.54) is 18.2 Å². The van der Waals surface area contributed by atoms with Gasteiger partial charge in [0, 0.05) is 11.3 Å². The number of anilines is 1. The molecule has 1 aromatic rings. The summed E-state index contributed by atoms with van der Waals surface area (Å²) in [6, 6.07) is 7.14. The Balaban J connectivity index is 1.34. The highest BCUT2D eigenvalue weighted by atomic mass is 16.2. The standard InChI is InChI=1S/C20H20N2O3/c1-10(23)11-3-2-4-12(7-11)21-9-22-19(24)17-13-5-6-14(16-8-15(13)16)18(17)20(22)25/h2-7,13-18,21H,8-9H2,1H3/t13-,14+,15-,16-,17+,18+/m1/s1. The fourth-order valence-corrected chi connectivity index (χ4v) is 5.19. The molecule has 0 spiro atoms. The molecule has 0 radical (unpaired) electrons. The number of nitrogens with zero attached hydrogens (tertiary/aromatic N) is 1. The van der Waals surface area contributed by atoms with Crippen molar-refractivity contribution in [2.24, 2.45) is 35.5 Å². The number of likely N-dealkylation sites (tertiary alicyclic amines) is 1. The third-order valence-electron chi connectivity index (χ3n) is 6.46. The van der Waals surface area contributed by atoms with Crippen LogP contribution in [0.15, 0.2) is 36.4 Å². The van der Waals surface area contributed by atoms with Crippen LogP contribution in [0.5, 0.6) is 0 Å². The van der Waals surface area contributed by atoms with Gasteiger partial charge in [0.05, 0.1) is 18.5 Å². The van der Waals surface area contributed by atoms with Gasteiger partial charge in [0.15, 0.2) is 5.78 Å². The zero-order valence-corrected chi connectivity index (χ0v) is 14.0. The van der Waals surface area contributed by atoms with E-state index in [2.05, 4.69) is 17.5 Å². The number of hydrogen-bond acceptors (Lipinski definition) is 4. The maximum atomic E-state index is 12.9. The Morgan fingerprint density at radius 2 is 1.76 bits per heavy atom. The predicted octanol–water partition coefficient (Wildman–Crippen LogP) is 2.31. The number of Topliss-reactive ketones (excluding diaryl/α,β-unsaturated/α-hetero) is 1. The third kappa shape index (κ3) is 2.04. The molecular weight excluding hydrogens is 316 g/mol. The zero-order chi connectivity index (χ0) is 17.3. The van der Waals surface area contributed by atoms with E-state index >= 15 is 0 Å². The number of imide groups is 1. The van der Waals surface area contributed by atoms with Crippen molar-refractivity contribution in [2.75, 3.05) is 12.0 Å². The summed E-state index contributed by atoms with van der Waals surface area (Å²) >= 11 is 0. The number of nitrogens with one attached hydrogen (secondary N) is 1. The first kappa shape index (κ1) is 14.9. The van der Waals surface area contributed by atoms with E-state index in [0.717, 1.165) is 5.69 Å². The Morgan fingerprint density at radius 1 is 1.12 bits per heavy atom. The van der Waals surface area contributed by atoms with Crippen LogP contribution in [0.25, 0.3) is 0 Å². The summed E-state index contributed by atoms with van der Waals surface area (Å²) in [6.45, 7) is 1.69. The van der Waals surface area contributed by atoms with Gasteiger partial charge >= 0.3 is 0 Å². The molecule has 1 aromatic carbocycles. The first-order valence-electron chi connectivity index (χ1n) is 8.94. The molecule has 6 atom stereocenters. The second-order valence-electron chi connectivity index (χ2n) is 7.73. The van der Waals surface area contributed by atoms with Gasteiger partial charge in [-0.3, -0.25) is 19.3 Å². The van der Waals surface area contributed by atoms with Crippen LogP contribution in [0, 0.1) is 35.5 Å². The normalized spacial score (nSPS) is 37.1. The van der Waals surface area contributed by atoms with Crippen molar-refractivity contribution in [3.05, 3.63) is 42.0 Å².